The molecule has 0 radical (unpaired) electrons. The van der Waals surface area contributed by atoms with Gasteiger partial charge in [-0.1, -0.05) is 19.6 Å². The minimum atomic E-state index is -0.980. The minimum absolute atomic E-state index is 0.682. The normalized spacial score (nSPS) is 12.2. The van der Waals surface area contributed by atoms with Gasteiger partial charge in [0.2, 0.25) is 0 Å². The number of hydrogen-bond donors (Lipinski definition) is 1. The monoisotopic (exact) mass is 248 g/mol. The molecule has 0 aromatic carbocycles. The van der Waals surface area contributed by atoms with Gasteiger partial charge in [-0.25, -0.2) is 4.98 Å². The molecule has 0 aliphatic rings. The molecule has 2 aromatic rings. The Balaban J connectivity index is 1.93. The van der Waals surface area contributed by atoms with Crippen molar-refractivity contribution in [2.75, 3.05) is 6.61 Å². The van der Waals surface area contributed by atoms with Gasteiger partial charge in [-0.3, -0.25) is 0 Å². The summed E-state index contributed by atoms with van der Waals surface area (Å²) < 4.78 is 5.77. The van der Waals surface area contributed by atoms with Crippen molar-refractivity contribution in [3.05, 3.63) is 30.1 Å². The smallest absolute Gasteiger partial charge is 0.137 e. The van der Waals surface area contributed by atoms with Gasteiger partial charge in [0.15, 0.2) is 0 Å². The highest BCUT2D eigenvalue weighted by molar-refractivity contribution is 6.76. The van der Waals surface area contributed by atoms with Crippen molar-refractivity contribution in [3.8, 4) is 0 Å². The Morgan fingerprint density at radius 2 is 2.12 bits per heavy atom. The molecular formula is C13H20N2OSi. The Hall–Kier alpha value is -1.13. The molecule has 0 fully saturated rings. The second-order valence-corrected chi connectivity index (χ2v) is 11.2. The number of pyridine rings is 1. The second kappa shape index (κ2) is 5.02. The van der Waals surface area contributed by atoms with Crippen molar-refractivity contribution in [3.63, 3.8) is 0 Å². The lowest BCUT2D eigenvalue weighted by Crippen LogP contribution is -2.21. The Morgan fingerprint density at radius 3 is 2.88 bits per heavy atom. The number of H-pyrrole nitrogens is 1. The Labute approximate surface area is 103 Å². The molecule has 0 spiro atoms. The van der Waals surface area contributed by atoms with Crippen molar-refractivity contribution >= 4 is 19.1 Å². The van der Waals surface area contributed by atoms with E-state index >= 15 is 0 Å². The van der Waals surface area contributed by atoms with E-state index in [0.29, 0.717) is 6.61 Å². The van der Waals surface area contributed by atoms with Crippen molar-refractivity contribution in [2.45, 2.75) is 32.3 Å². The summed E-state index contributed by atoms with van der Waals surface area (Å²) in [6, 6.07) is 5.30. The van der Waals surface area contributed by atoms with E-state index in [1.807, 2.05) is 18.5 Å². The van der Waals surface area contributed by atoms with Gasteiger partial charge in [0.05, 0.1) is 6.61 Å². The van der Waals surface area contributed by atoms with Crippen LogP contribution in [0.4, 0.5) is 0 Å². The fraction of sp³-hybridized carbons (Fsp3) is 0.462. The quantitative estimate of drug-likeness (QED) is 0.650. The predicted octanol–water partition coefficient (Wildman–Crippen LogP) is 3.42. The van der Waals surface area contributed by atoms with Crippen LogP contribution in [0.1, 0.15) is 5.56 Å². The molecule has 0 unspecified atom stereocenters. The molecule has 0 bridgehead atoms. The molecule has 0 aliphatic heterocycles. The number of aromatic nitrogens is 2. The fourth-order valence-electron chi connectivity index (χ4n) is 1.70. The first-order valence-electron chi connectivity index (χ1n) is 6.05. The summed E-state index contributed by atoms with van der Waals surface area (Å²) in [7, 11) is -0.980. The lowest BCUT2D eigenvalue weighted by Gasteiger charge is -2.15. The van der Waals surface area contributed by atoms with Crippen LogP contribution in [0.5, 0.6) is 0 Å². The van der Waals surface area contributed by atoms with E-state index in [0.717, 1.165) is 12.3 Å². The molecule has 0 aliphatic carbocycles. The summed E-state index contributed by atoms with van der Waals surface area (Å²) >= 11 is 0. The van der Waals surface area contributed by atoms with Gasteiger partial charge in [-0.05, 0) is 23.7 Å². The van der Waals surface area contributed by atoms with Gasteiger partial charge in [0.1, 0.15) is 5.65 Å². The molecule has 2 heterocycles. The van der Waals surface area contributed by atoms with Crippen molar-refractivity contribution in [2.24, 2.45) is 0 Å². The maximum Gasteiger partial charge on any atom is 0.137 e. The summed E-state index contributed by atoms with van der Waals surface area (Å²) in [6.45, 7) is 8.65. The zero-order valence-corrected chi connectivity index (χ0v) is 11.8. The van der Waals surface area contributed by atoms with Crippen molar-refractivity contribution < 1.29 is 4.74 Å². The van der Waals surface area contributed by atoms with E-state index in [9.17, 15) is 0 Å². The molecule has 0 atom stereocenters. The van der Waals surface area contributed by atoms with Crippen LogP contribution in [-0.2, 0) is 11.3 Å². The molecule has 1 N–H and O–H groups in total. The second-order valence-electron chi connectivity index (χ2n) is 5.57. The van der Waals surface area contributed by atoms with E-state index in [1.165, 1.54) is 17.0 Å². The lowest BCUT2D eigenvalue weighted by molar-refractivity contribution is 0.134. The van der Waals surface area contributed by atoms with Crippen LogP contribution < -0.4 is 0 Å². The first-order valence-corrected chi connectivity index (χ1v) is 9.76. The number of ether oxygens (including phenoxy) is 1. The first kappa shape index (κ1) is 12.3. The Bertz CT molecular complexity index is 487. The van der Waals surface area contributed by atoms with Crippen LogP contribution in [0.15, 0.2) is 24.5 Å². The van der Waals surface area contributed by atoms with Crippen molar-refractivity contribution in [1.29, 1.82) is 0 Å². The average molecular weight is 248 g/mol. The van der Waals surface area contributed by atoms with Gasteiger partial charge in [-0.2, -0.15) is 0 Å². The fourth-order valence-corrected chi connectivity index (χ4v) is 2.46. The first-order chi connectivity index (χ1) is 8.06. The van der Waals surface area contributed by atoms with Gasteiger partial charge in [-0.15, -0.1) is 0 Å². The molecular weight excluding hydrogens is 228 g/mol. The number of nitrogens with zero attached hydrogens (tertiary/aromatic N) is 1. The molecule has 2 aromatic heterocycles. The molecule has 0 saturated heterocycles. The molecule has 17 heavy (non-hydrogen) atoms. The van der Waals surface area contributed by atoms with Crippen molar-refractivity contribution in [1.82, 2.24) is 9.97 Å². The summed E-state index contributed by atoms with van der Waals surface area (Å²) in [4.78, 5) is 7.38. The van der Waals surface area contributed by atoms with E-state index in [-0.39, 0.29) is 0 Å². The SMILES string of the molecule is C[Si](C)(C)CCOCc1ccnc2[nH]ccc12. The molecule has 0 amide bonds. The van der Waals surface area contributed by atoms with Gasteiger partial charge >= 0.3 is 0 Å². The number of aromatic amines is 1. The van der Waals surface area contributed by atoms with Crippen LogP contribution in [0, 0.1) is 0 Å². The number of fused-ring (bicyclic) bond motifs is 1. The molecule has 4 heteroatoms. The van der Waals surface area contributed by atoms with E-state index in [1.54, 1.807) is 0 Å². The summed E-state index contributed by atoms with van der Waals surface area (Å²) in [6.07, 6.45) is 3.75. The summed E-state index contributed by atoms with van der Waals surface area (Å²) in [5.41, 5.74) is 2.16. The highest BCUT2D eigenvalue weighted by Crippen LogP contribution is 2.16. The number of nitrogens with one attached hydrogen (secondary N) is 1. The number of rotatable bonds is 5. The molecule has 3 nitrogen and oxygen atoms in total. The van der Waals surface area contributed by atoms with Crippen LogP contribution in [0.2, 0.25) is 25.7 Å². The van der Waals surface area contributed by atoms with E-state index in [4.69, 9.17) is 4.74 Å². The van der Waals surface area contributed by atoms with Crippen LogP contribution in [0.3, 0.4) is 0 Å². The van der Waals surface area contributed by atoms with E-state index < -0.39 is 8.07 Å². The third-order valence-corrected chi connectivity index (χ3v) is 4.51. The Morgan fingerprint density at radius 1 is 1.29 bits per heavy atom. The standard InChI is InChI=1S/C13H20N2OSi/c1-17(2,3)9-8-16-10-11-4-6-14-13-12(11)5-7-15-13/h4-7H,8-10H2,1-3H3,(H,14,15). The maximum absolute atomic E-state index is 5.77. The zero-order chi connectivity index (χ0) is 12.3. The van der Waals surface area contributed by atoms with E-state index in [2.05, 4.69) is 35.7 Å². The average Bonchev–Trinajstić information content (AvgIpc) is 2.71. The zero-order valence-electron chi connectivity index (χ0n) is 10.8. The summed E-state index contributed by atoms with van der Waals surface area (Å²) in [5.74, 6) is 0. The maximum atomic E-state index is 5.77. The predicted molar refractivity (Wildman–Crippen MR) is 73.9 cm³/mol. The third kappa shape index (κ3) is 3.41. The molecule has 0 saturated carbocycles. The van der Waals surface area contributed by atoms with Gasteiger partial charge in [0.25, 0.3) is 0 Å². The topological polar surface area (TPSA) is 37.9 Å². The molecule has 2 rings (SSSR count). The lowest BCUT2D eigenvalue weighted by atomic mass is 10.2. The third-order valence-electron chi connectivity index (χ3n) is 2.80. The van der Waals surface area contributed by atoms with Gasteiger partial charge < -0.3 is 9.72 Å². The Kier molecular flexibility index (Phi) is 3.64. The van der Waals surface area contributed by atoms with Crippen LogP contribution >= 0.6 is 0 Å². The molecule has 92 valence electrons. The van der Waals surface area contributed by atoms with Gasteiger partial charge in [0, 0.05) is 32.5 Å². The largest absolute Gasteiger partial charge is 0.377 e. The highest BCUT2D eigenvalue weighted by atomic mass is 28.3. The van der Waals surface area contributed by atoms with Crippen LogP contribution in [0.25, 0.3) is 11.0 Å². The van der Waals surface area contributed by atoms with Crippen LogP contribution in [-0.4, -0.2) is 24.6 Å². The number of hydrogen-bond acceptors (Lipinski definition) is 2. The minimum Gasteiger partial charge on any atom is -0.377 e. The summed E-state index contributed by atoms with van der Waals surface area (Å²) in [5, 5.41) is 1.17. The highest BCUT2D eigenvalue weighted by Gasteiger charge is 2.12.